The van der Waals surface area contributed by atoms with Crippen LogP contribution >= 0.6 is 0 Å². The van der Waals surface area contributed by atoms with Crippen molar-refractivity contribution in [2.24, 2.45) is 0 Å². The summed E-state index contributed by atoms with van der Waals surface area (Å²) in [5, 5.41) is 3.53. The van der Waals surface area contributed by atoms with Crippen molar-refractivity contribution in [3.05, 3.63) is 29.8 Å². The van der Waals surface area contributed by atoms with Crippen LogP contribution in [-0.2, 0) is 0 Å². The topological polar surface area (TPSA) is 35.6 Å². The van der Waals surface area contributed by atoms with Gasteiger partial charge in [0.25, 0.3) is 5.91 Å². The molecule has 2 rings (SSSR count). The van der Waals surface area contributed by atoms with Gasteiger partial charge in [-0.15, -0.1) is 0 Å². The van der Waals surface area contributed by atoms with Crippen molar-refractivity contribution in [2.45, 2.75) is 31.7 Å². The predicted octanol–water partition coefficient (Wildman–Crippen LogP) is 2.36. The number of piperidine rings is 1. The third kappa shape index (κ3) is 4.46. The first-order valence-electron chi connectivity index (χ1n) is 7.84. The summed E-state index contributed by atoms with van der Waals surface area (Å²) in [6, 6.07) is 8.37. The molecule has 1 aliphatic heterocycles. The monoisotopic (exact) mass is 289 g/mol. The molecule has 116 valence electrons. The molecule has 0 bridgehead atoms. The number of nitrogens with zero attached hydrogens (tertiary/aromatic N) is 2. The molecule has 0 saturated carbocycles. The van der Waals surface area contributed by atoms with Crippen molar-refractivity contribution in [3.8, 4) is 0 Å². The number of hydrogen-bond donors (Lipinski definition) is 1. The van der Waals surface area contributed by atoms with Crippen molar-refractivity contribution < 1.29 is 4.79 Å². The molecule has 1 atom stereocenters. The minimum Gasteiger partial charge on any atom is -0.378 e. The van der Waals surface area contributed by atoms with Crippen molar-refractivity contribution in [3.63, 3.8) is 0 Å². The van der Waals surface area contributed by atoms with Gasteiger partial charge in [-0.3, -0.25) is 4.79 Å². The van der Waals surface area contributed by atoms with Crippen LogP contribution < -0.4 is 10.2 Å². The highest BCUT2D eigenvalue weighted by atomic mass is 16.2. The maximum absolute atomic E-state index is 12.4. The third-order valence-electron chi connectivity index (χ3n) is 4.20. The molecule has 0 aliphatic carbocycles. The van der Waals surface area contributed by atoms with E-state index in [1.807, 2.05) is 55.2 Å². The molecule has 1 fully saturated rings. The minimum absolute atomic E-state index is 0.108. The van der Waals surface area contributed by atoms with Crippen LogP contribution in [0.4, 0.5) is 5.69 Å². The van der Waals surface area contributed by atoms with E-state index in [-0.39, 0.29) is 5.91 Å². The third-order valence-corrected chi connectivity index (χ3v) is 4.20. The lowest BCUT2D eigenvalue weighted by Gasteiger charge is -2.26. The molecule has 0 radical (unpaired) electrons. The zero-order valence-corrected chi connectivity index (χ0v) is 13.4. The van der Waals surface area contributed by atoms with Gasteiger partial charge in [0.2, 0.25) is 0 Å². The van der Waals surface area contributed by atoms with E-state index in [0.717, 1.165) is 30.8 Å². The molecule has 1 heterocycles. The molecule has 0 aromatic heterocycles. The van der Waals surface area contributed by atoms with E-state index >= 15 is 0 Å². The highest BCUT2D eigenvalue weighted by Crippen LogP contribution is 2.14. The number of anilines is 1. The fourth-order valence-electron chi connectivity index (χ4n) is 2.74. The van der Waals surface area contributed by atoms with E-state index in [1.165, 1.54) is 19.3 Å². The average Bonchev–Trinajstić information content (AvgIpc) is 2.53. The Bertz CT molecular complexity index is 450. The zero-order valence-electron chi connectivity index (χ0n) is 13.4. The Hall–Kier alpha value is -1.55. The fourth-order valence-corrected chi connectivity index (χ4v) is 2.74. The summed E-state index contributed by atoms with van der Waals surface area (Å²) in [6.07, 6.45) is 4.86. The van der Waals surface area contributed by atoms with Gasteiger partial charge >= 0.3 is 0 Å². The lowest BCUT2D eigenvalue weighted by atomic mass is 10.0. The second kappa shape index (κ2) is 7.46. The fraction of sp³-hybridized carbons (Fsp3) is 0.588. The first kappa shape index (κ1) is 15.8. The first-order chi connectivity index (χ1) is 10.1. The Morgan fingerprint density at radius 1 is 1.19 bits per heavy atom. The van der Waals surface area contributed by atoms with Crippen LogP contribution in [0.1, 0.15) is 36.0 Å². The molecular formula is C17H27N3O. The van der Waals surface area contributed by atoms with Gasteiger partial charge in [-0.2, -0.15) is 0 Å². The molecule has 1 amide bonds. The molecule has 1 unspecified atom stereocenters. The van der Waals surface area contributed by atoms with E-state index < -0.39 is 0 Å². The van der Waals surface area contributed by atoms with E-state index in [4.69, 9.17) is 0 Å². The van der Waals surface area contributed by atoms with Crippen LogP contribution in [-0.4, -0.2) is 51.1 Å². The number of amides is 1. The van der Waals surface area contributed by atoms with Gasteiger partial charge < -0.3 is 15.1 Å². The Morgan fingerprint density at radius 2 is 1.90 bits per heavy atom. The van der Waals surface area contributed by atoms with Crippen LogP contribution in [0.15, 0.2) is 24.3 Å². The summed E-state index contributed by atoms with van der Waals surface area (Å²) in [7, 11) is 5.89. The molecule has 21 heavy (non-hydrogen) atoms. The van der Waals surface area contributed by atoms with Gasteiger partial charge in [0.15, 0.2) is 0 Å². The smallest absolute Gasteiger partial charge is 0.253 e. The molecule has 0 spiro atoms. The second-order valence-electron chi connectivity index (χ2n) is 6.10. The van der Waals surface area contributed by atoms with E-state index in [2.05, 4.69) is 5.32 Å². The highest BCUT2D eigenvalue weighted by molar-refractivity contribution is 5.94. The molecule has 1 saturated heterocycles. The normalized spacial score (nSPS) is 18.3. The zero-order chi connectivity index (χ0) is 15.2. The van der Waals surface area contributed by atoms with E-state index in [9.17, 15) is 4.79 Å². The Kier molecular flexibility index (Phi) is 5.62. The molecule has 1 N–H and O–H groups in total. The minimum atomic E-state index is 0.108. The Labute approximate surface area is 128 Å². The lowest BCUT2D eigenvalue weighted by Crippen LogP contribution is -2.38. The van der Waals surface area contributed by atoms with Crippen LogP contribution in [0.5, 0.6) is 0 Å². The maximum atomic E-state index is 12.4. The van der Waals surface area contributed by atoms with Crippen molar-refractivity contribution in [1.82, 2.24) is 10.2 Å². The van der Waals surface area contributed by atoms with Crippen LogP contribution in [0.2, 0.25) is 0 Å². The maximum Gasteiger partial charge on any atom is 0.253 e. The van der Waals surface area contributed by atoms with E-state index in [1.54, 1.807) is 0 Å². The molecule has 4 nitrogen and oxygen atoms in total. The van der Waals surface area contributed by atoms with Gasteiger partial charge in [0.1, 0.15) is 0 Å². The summed E-state index contributed by atoms with van der Waals surface area (Å²) in [5.41, 5.74) is 1.88. The standard InChI is InChI=1S/C17H27N3O/c1-19(2)16-9-7-14(8-10-16)17(21)20(3)13-11-15-6-4-5-12-18-15/h7-10,15,18H,4-6,11-13H2,1-3H3. The predicted molar refractivity (Wildman–Crippen MR) is 88.0 cm³/mol. The molecule has 1 aliphatic rings. The van der Waals surface area contributed by atoms with Crippen LogP contribution in [0, 0.1) is 0 Å². The van der Waals surface area contributed by atoms with Gasteiger partial charge in [-0.05, 0) is 50.1 Å². The number of hydrogen-bond acceptors (Lipinski definition) is 3. The molecular weight excluding hydrogens is 262 g/mol. The van der Waals surface area contributed by atoms with E-state index in [0.29, 0.717) is 6.04 Å². The Balaban J connectivity index is 1.86. The van der Waals surface area contributed by atoms with Crippen molar-refractivity contribution in [1.29, 1.82) is 0 Å². The Morgan fingerprint density at radius 3 is 2.48 bits per heavy atom. The van der Waals surface area contributed by atoms with Gasteiger partial charge in [0, 0.05) is 45.0 Å². The number of carbonyl (C=O) groups excluding carboxylic acids is 1. The lowest BCUT2D eigenvalue weighted by molar-refractivity contribution is 0.0788. The first-order valence-corrected chi connectivity index (χ1v) is 7.84. The SMILES string of the molecule is CN(CCC1CCCCN1)C(=O)c1ccc(N(C)C)cc1. The van der Waals surface area contributed by atoms with Crippen molar-refractivity contribution in [2.75, 3.05) is 39.1 Å². The summed E-state index contributed by atoms with van der Waals surface area (Å²) in [6.45, 7) is 1.93. The summed E-state index contributed by atoms with van der Waals surface area (Å²) in [4.78, 5) is 16.3. The largest absolute Gasteiger partial charge is 0.378 e. The second-order valence-corrected chi connectivity index (χ2v) is 6.10. The quantitative estimate of drug-likeness (QED) is 0.904. The summed E-state index contributed by atoms with van der Waals surface area (Å²) >= 11 is 0. The summed E-state index contributed by atoms with van der Waals surface area (Å²) < 4.78 is 0. The van der Waals surface area contributed by atoms with Crippen LogP contribution in [0.3, 0.4) is 0 Å². The number of carbonyl (C=O) groups is 1. The van der Waals surface area contributed by atoms with Crippen molar-refractivity contribution >= 4 is 11.6 Å². The number of benzene rings is 1. The molecule has 4 heteroatoms. The summed E-state index contributed by atoms with van der Waals surface area (Å²) in [5.74, 6) is 0.108. The van der Waals surface area contributed by atoms with Gasteiger partial charge in [-0.1, -0.05) is 6.42 Å². The molecule has 1 aromatic carbocycles. The number of nitrogens with one attached hydrogen (secondary N) is 1. The average molecular weight is 289 g/mol. The van der Waals surface area contributed by atoms with Gasteiger partial charge in [0.05, 0.1) is 0 Å². The number of rotatable bonds is 5. The van der Waals surface area contributed by atoms with Gasteiger partial charge in [-0.25, -0.2) is 0 Å². The van der Waals surface area contributed by atoms with Crippen LogP contribution in [0.25, 0.3) is 0 Å². The molecule has 1 aromatic rings. The highest BCUT2D eigenvalue weighted by Gasteiger charge is 2.16.